The summed E-state index contributed by atoms with van der Waals surface area (Å²) in [7, 11) is -1.08. The topological polar surface area (TPSA) is 76.9 Å². The van der Waals surface area contributed by atoms with Crippen LogP contribution in [0, 0.1) is 6.92 Å². The third-order valence-corrected chi connectivity index (χ3v) is 5.23. The fourth-order valence-corrected chi connectivity index (χ4v) is 3.53. The summed E-state index contributed by atoms with van der Waals surface area (Å²) >= 11 is 9.46. The standard InChI is InChI=1S/C17H14BrClN4O2S/c1-10-8-11(26(2)25)5-6-13(10)21-17(24)14-9-15(18)22-23(14)16-12(19)4-3-7-20-16/h3-9H,1-2H3,(H,21,24). The van der Waals surface area contributed by atoms with Crippen LogP contribution in [-0.2, 0) is 10.8 Å². The predicted molar refractivity (Wildman–Crippen MR) is 106 cm³/mol. The average Bonchev–Trinajstić information content (AvgIpc) is 2.98. The third-order valence-electron chi connectivity index (χ3n) is 3.63. The molecule has 2 heterocycles. The van der Waals surface area contributed by atoms with Crippen LogP contribution in [0.5, 0.6) is 0 Å². The molecule has 0 spiro atoms. The Labute approximate surface area is 166 Å². The van der Waals surface area contributed by atoms with E-state index in [0.717, 1.165) is 5.56 Å². The van der Waals surface area contributed by atoms with Crippen molar-refractivity contribution in [1.82, 2.24) is 14.8 Å². The van der Waals surface area contributed by atoms with Crippen molar-refractivity contribution in [3.05, 3.63) is 63.5 Å². The van der Waals surface area contributed by atoms with Crippen LogP contribution in [0.25, 0.3) is 5.82 Å². The van der Waals surface area contributed by atoms with Crippen LogP contribution in [-0.4, -0.2) is 31.1 Å². The molecule has 0 bridgehead atoms. The molecule has 0 saturated heterocycles. The number of amides is 1. The summed E-state index contributed by atoms with van der Waals surface area (Å²) in [6.45, 7) is 1.84. The number of hydrogen-bond acceptors (Lipinski definition) is 4. The molecule has 1 amide bonds. The quantitative estimate of drug-likeness (QED) is 0.648. The van der Waals surface area contributed by atoms with E-state index in [1.165, 1.54) is 4.68 Å². The van der Waals surface area contributed by atoms with Crippen molar-refractivity contribution in [1.29, 1.82) is 0 Å². The van der Waals surface area contributed by atoms with E-state index in [-0.39, 0.29) is 11.6 Å². The Balaban J connectivity index is 1.95. The zero-order valence-electron chi connectivity index (χ0n) is 13.9. The number of halogens is 2. The molecule has 134 valence electrons. The minimum atomic E-state index is -1.08. The van der Waals surface area contributed by atoms with Crippen molar-refractivity contribution in [2.24, 2.45) is 0 Å². The molecule has 1 N–H and O–H groups in total. The molecule has 3 rings (SSSR count). The number of benzene rings is 1. The number of carbonyl (C=O) groups is 1. The van der Waals surface area contributed by atoms with Gasteiger partial charge in [0.05, 0.1) is 5.02 Å². The van der Waals surface area contributed by atoms with Crippen molar-refractivity contribution in [3.8, 4) is 5.82 Å². The zero-order valence-corrected chi connectivity index (χ0v) is 17.0. The van der Waals surface area contributed by atoms with Crippen LogP contribution in [0.4, 0.5) is 5.69 Å². The van der Waals surface area contributed by atoms with Gasteiger partial charge in [0.25, 0.3) is 5.91 Å². The van der Waals surface area contributed by atoms with Gasteiger partial charge in [0.15, 0.2) is 5.82 Å². The molecule has 0 aliphatic rings. The number of anilines is 1. The molecule has 0 fully saturated rings. The molecule has 9 heteroatoms. The molecule has 0 saturated carbocycles. The van der Waals surface area contributed by atoms with Crippen LogP contribution >= 0.6 is 27.5 Å². The Morgan fingerprint density at radius 1 is 1.31 bits per heavy atom. The second-order valence-electron chi connectivity index (χ2n) is 5.46. The van der Waals surface area contributed by atoms with Gasteiger partial charge < -0.3 is 5.32 Å². The van der Waals surface area contributed by atoms with Crippen LogP contribution in [0.1, 0.15) is 16.1 Å². The number of nitrogens with zero attached hydrogens (tertiary/aromatic N) is 3. The highest BCUT2D eigenvalue weighted by Gasteiger charge is 2.19. The molecule has 1 atom stereocenters. The van der Waals surface area contributed by atoms with Crippen LogP contribution < -0.4 is 5.32 Å². The van der Waals surface area contributed by atoms with E-state index in [9.17, 15) is 9.00 Å². The van der Waals surface area contributed by atoms with Gasteiger partial charge in [-0.05, 0) is 58.7 Å². The molecule has 3 aromatic rings. The van der Waals surface area contributed by atoms with Crippen LogP contribution in [0.2, 0.25) is 5.02 Å². The molecule has 6 nitrogen and oxygen atoms in total. The fourth-order valence-electron chi connectivity index (χ4n) is 2.35. The second-order valence-corrected chi connectivity index (χ2v) is 8.06. The summed E-state index contributed by atoms with van der Waals surface area (Å²) in [5.41, 5.74) is 1.72. The Bertz CT molecular complexity index is 1020. The minimum Gasteiger partial charge on any atom is -0.320 e. The van der Waals surface area contributed by atoms with E-state index in [4.69, 9.17) is 11.6 Å². The number of carbonyl (C=O) groups excluding carboxylic acids is 1. The molecule has 26 heavy (non-hydrogen) atoms. The lowest BCUT2D eigenvalue weighted by atomic mass is 10.2. The van der Waals surface area contributed by atoms with E-state index in [0.29, 0.717) is 26.0 Å². The summed E-state index contributed by atoms with van der Waals surface area (Å²) in [5.74, 6) is -0.00291. The maximum atomic E-state index is 12.8. The van der Waals surface area contributed by atoms with Gasteiger partial charge in [0.1, 0.15) is 10.3 Å². The molecule has 1 unspecified atom stereocenters. The highest BCUT2D eigenvalue weighted by Crippen LogP contribution is 2.23. The number of pyridine rings is 1. The highest BCUT2D eigenvalue weighted by molar-refractivity contribution is 9.10. The van der Waals surface area contributed by atoms with Gasteiger partial charge >= 0.3 is 0 Å². The lowest BCUT2D eigenvalue weighted by Gasteiger charge is -2.11. The van der Waals surface area contributed by atoms with Crippen LogP contribution in [0.3, 0.4) is 0 Å². The number of nitrogens with one attached hydrogen (secondary N) is 1. The molecule has 1 aromatic carbocycles. The minimum absolute atomic E-state index is 0.278. The number of aromatic nitrogens is 3. The molecule has 2 aromatic heterocycles. The van der Waals surface area contributed by atoms with Crippen molar-refractivity contribution in [2.45, 2.75) is 11.8 Å². The first kappa shape index (κ1) is 18.8. The van der Waals surface area contributed by atoms with E-state index >= 15 is 0 Å². The van der Waals surface area contributed by atoms with E-state index in [2.05, 4.69) is 31.3 Å². The Kier molecular flexibility index (Phi) is 5.55. The van der Waals surface area contributed by atoms with E-state index in [1.807, 2.05) is 6.92 Å². The number of aryl methyl sites for hydroxylation is 1. The maximum absolute atomic E-state index is 12.8. The molecule has 0 radical (unpaired) electrons. The Morgan fingerprint density at radius 3 is 2.73 bits per heavy atom. The van der Waals surface area contributed by atoms with Gasteiger partial charge in [-0.15, -0.1) is 0 Å². The van der Waals surface area contributed by atoms with Crippen LogP contribution in [0.15, 0.2) is 52.1 Å². The van der Waals surface area contributed by atoms with E-state index in [1.54, 1.807) is 48.9 Å². The maximum Gasteiger partial charge on any atom is 0.274 e. The summed E-state index contributed by atoms with van der Waals surface area (Å²) in [6, 6.07) is 10.2. The SMILES string of the molecule is Cc1cc(S(C)=O)ccc1NC(=O)c1cc(Br)nn1-c1ncccc1Cl. The van der Waals surface area contributed by atoms with Gasteiger partial charge in [-0.2, -0.15) is 5.10 Å². The largest absolute Gasteiger partial charge is 0.320 e. The van der Waals surface area contributed by atoms with Crippen molar-refractivity contribution >= 4 is 49.9 Å². The van der Waals surface area contributed by atoms with Crippen molar-refractivity contribution < 1.29 is 9.00 Å². The van der Waals surface area contributed by atoms with E-state index < -0.39 is 10.8 Å². The highest BCUT2D eigenvalue weighted by atomic mass is 79.9. The van der Waals surface area contributed by atoms with Gasteiger partial charge in [0.2, 0.25) is 0 Å². The van der Waals surface area contributed by atoms with Gasteiger partial charge in [-0.1, -0.05) is 11.6 Å². The van der Waals surface area contributed by atoms with Gasteiger partial charge in [-0.25, -0.2) is 9.67 Å². The summed E-state index contributed by atoms with van der Waals surface area (Å²) in [6.07, 6.45) is 3.19. The average molecular weight is 454 g/mol. The number of rotatable bonds is 4. The second kappa shape index (κ2) is 7.69. The lowest BCUT2D eigenvalue weighted by molar-refractivity contribution is 0.101. The first-order valence-electron chi connectivity index (χ1n) is 7.48. The zero-order chi connectivity index (χ0) is 18.8. The lowest BCUT2D eigenvalue weighted by Crippen LogP contribution is -2.18. The number of hydrogen-bond donors (Lipinski definition) is 1. The molecule has 0 aliphatic heterocycles. The fraction of sp³-hybridized carbons (Fsp3) is 0.118. The first-order chi connectivity index (χ1) is 12.4. The Morgan fingerprint density at radius 2 is 2.08 bits per heavy atom. The summed E-state index contributed by atoms with van der Waals surface area (Å²) in [4.78, 5) is 17.7. The first-order valence-corrected chi connectivity index (χ1v) is 10.2. The molecular formula is C17H14BrClN4O2S. The van der Waals surface area contributed by atoms with Crippen molar-refractivity contribution in [2.75, 3.05) is 11.6 Å². The molecule has 0 aliphatic carbocycles. The van der Waals surface area contributed by atoms with Gasteiger partial charge in [0, 0.05) is 39.9 Å². The third kappa shape index (κ3) is 3.87. The smallest absolute Gasteiger partial charge is 0.274 e. The molecular weight excluding hydrogens is 440 g/mol. The summed E-state index contributed by atoms with van der Waals surface area (Å²) in [5, 5.41) is 7.47. The monoisotopic (exact) mass is 452 g/mol. The van der Waals surface area contributed by atoms with Crippen molar-refractivity contribution in [3.63, 3.8) is 0 Å². The Hall–Kier alpha value is -2.03. The normalized spacial score (nSPS) is 12.0. The predicted octanol–water partition coefficient (Wildman–Crippen LogP) is 3.98. The van der Waals surface area contributed by atoms with Gasteiger partial charge in [-0.3, -0.25) is 9.00 Å². The summed E-state index contributed by atoms with van der Waals surface area (Å²) < 4.78 is 13.4.